The molecule has 0 unspecified atom stereocenters. The minimum Gasteiger partial charge on any atom is -0.480 e. The SMILES string of the molecule is C[C@H](N)C(=O)O.NCCCC[C@H](N)C(=O)O.N[C@@H](Cc1c[nH]c2ccccc12)C(=O)O.N[C@H](CO)C(=O)O. The van der Waals surface area contributed by atoms with Crippen LogP contribution in [-0.4, -0.2) is 91.7 Å². The summed E-state index contributed by atoms with van der Waals surface area (Å²) >= 11 is 0. The number of fused-ring (bicyclic) bond motifs is 1. The monoisotopic (exact) mass is 544 g/mol. The Labute approximate surface area is 219 Å². The Balaban J connectivity index is 0. The molecule has 0 aliphatic carbocycles. The van der Waals surface area contributed by atoms with Crippen LogP contribution in [0.1, 0.15) is 31.7 Å². The number of aliphatic hydroxyl groups excluding tert-OH is 1. The molecule has 0 spiro atoms. The number of carboxylic acid groups (broad SMARTS) is 4. The number of unbranched alkanes of at least 4 members (excludes halogenated alkanes) is 1. The van der Waals surface area contributed by atoms with Gasteiger partial charge in [-0.05, 0) is 37.9 Å². The summed E-state index contributed by atoms with van der Waals surface area (Å²) < 4.78 is 0. The first-order valence-corrected chi connectivity index (χ1v) is 11.5. The summed E-state index contributed by atoms with van der Waals surface area (Å²) in [6.07, 6.45) is 4.32. The molecule has 0 fully saturated rings. The zero-order chi connectivity index (χ0) is 29.8. The molecule has 0 saturated carbocycles. The minimum absolute atomic E-state index is 0.347. The summed E-state index contributed by atoms with van der Waals surface area (Å²) in [6, 6.07) is 4.34. The highest BCUT2D eigenvalue weighted by Gasteiger charge is 2.14. The highest BCUT2D eigenvalue weighted by Crippen LogP contribution is 2.18. The second kappa shape index (κ2) is 20.5. The minimum atomic E-state index is -1.18. The number of aromatic amines is 1. The molecule has 0 aliphatic heterocycles. The number of aliphatic hydroxyl groups is 1. The molecule has 1 aromatic heterocycles. The van der Waals surface area contributed by atoms with Gasteiger partial charge in [-0.25, -0.2) is 0 Å². The maximum atomic E-state index is 10.6. The van der Waals surface area contributed by atoms with E-state index in [4.69, 9.17) is 54.2 Å². The Morgan fingerprint density at radius 3 is 1.71 bits per heavy atom. The number of nitrogens with two attached hydrogens (primary N) is 5. The van der Waals surface area contributed by atoms with E-state index in [2.05, 4.69) is 4.98 Å². The lowest BCUT2D eigenvalue weighted by Gasteiger charge is -2.04. The van der Waals surface area contributed by atoms with E-state index in [1.165, 1.54) is 6.92 Å². The molecular formula is C23H40N6O9. The fourth-order valence-corrected chi connectivity index (χ4v) is 2.33. The number of aromatic nitrogens is 1. The van der Waals surface area contributed by atoms with Gasteiger partial charge in [0.15, 0.2) is 0 Å². The topological polar surface area (TPSA) is 315 Å². The molecule has 15 heteroatoms. The lowest BCUT2D eigenvalue weighted by atomic mass is 10.1. The van der Waals surface area contributed by atoms with Crippen molar-refractivity contribution in [2.24, 2.45) is 28.7 Å². The summed E-state index contributed by atoms with van der Waals surface area (Å²) in [5, 5.41) is 41.8. The van der Waals surface area contributed by atoms with Crippen LogP contribution < -0.4 is 28.7 Å². The molecule has 2 aromatic rings. The van der Waals surface area contributed by atoms with Gasteiger partial charge in [-0.15, -0.1) is 0 Å². The molecule has 0 aliphatic rings. The molecule has 1 heterocycles. The van der Waals surface area contributed by atoms with E-state index < -0.39 is 54.7 Å². The molecule has 0 amide bonds. The summed E-state index contributed by atoms with van der Waals surface area (Å²) in [4.78, 5) is 43.1. The largest absolute Gasteiger partial charge is 0.480 e. The molecule has 0 bridgehead atoms. The quantitative estimate of drug-likeness (QED) is 0.143. The van der Waals surface area contributed by atoms with Gasteiger partial charge in [-0.1, -0.05) is 24.6 Å². The zero-order valence-corrected chi connectivity index (χ0v) is 21.2. The number of benzene rings is 1. The number of nitrogens with one attached hydrogen (secondary N) is 1. The van der Waals surface area contributed by atoms with Gasteiger partial charge >= 0.3 is 23.9 Å². The molecule has 1 aromatic carbocycles. The Bertz CT molecular complexity index is 983. The molecule has 216 valence electrons. The second-order valence-electron chi connectivity index (χ2n) is 7.99. The Morgan fingerprint density at radius 1 is 0.816 bits per heavy atom. The Kier molecular flexibility index (Phi) is 19.7. The number of H-pyrrole nitrogens is 1. The highest BCUT2D eigenvalue weighted by molar-refractivity contribution is 5.84. The fourth-order valence-electron chi connectivity index (χ4n) is 2.33. The maximum Gasteiger partial charge on any atom is 0.322 e. The Morgan fingerprint density at radius 2 is 1.32 bits per heavy atom. The molecule has 2 rings (SSSR count). The zero-order valence-electron chi connectivity index (χ0n) is 21.2. The van der Waals surface area contributed by atoms with E-state index in [-0.39, 0.29) is 0 Å². The van der Waals surface area contributed by atoms with E-state index >= 15 is 0 Å². The molecule has 16 N–H and O–H groups in total. The first-order chi connectivity index (χ1) is 17.7. The molecule has 4 atom stereocenters. The number of carboxylic acids is 4. The van der Waals surface area contributed by atoms with Crippen molar-refractivity contribution in [1.29, 1.82) is 0 Å². The molecule has 0 radical (unpaired) electrons. The normalized spacial score (nSPS) is 13.1. The number of para-hydroxylation sites is 1. The van der Waals surface area contributed by atoms with Crippen molar-refractivity contribution in [3.05, 3.63) is 36.0 Å². The van der Waals surface area contributed by atoms with Gasteiger partial charge in [0.2, 0.25) is 0 Å². The van der Waals surface area contributed by atoms with Crippen LogP contribution in [0.25, 0.3) is 10.9 Å². The van der Waals surface area contributed by atoms with E-state index in [9.17, 15) is 19.2 Å². The molecule has 0 saturated heterocycles. The second-order valence-corrected chi connectivity index (χ2v) is 7.99. The van der Waals surface area contributed by atoms with E-state index in [0.29, 0.717) is 19.4 Å². The third-order valence-electron chi connectivity index (χ3n) is 4.62. The van der Waals surface area contributed by atoms with Gasteiger partial charge in [0.1, 0.15) is 24.2 Å². The standard InChI is InChI=1S/C11H12N2O2.C6H14N2O2.C3H7NO3.C3H7NO2/c12-9(11(14)15)5-7-6-13-10-4-2-1-3-8(7)10;7-4-2-1-3-5(8)6(9)10;4-2(1-5)3(6)7;1-2(4)3(5)6/h1-4,6,9,13H,5,12H2,(H,14,15);5H,1-4,7-8H2,(H,9,10);2,5H,1,4H2,(H,6,7);2H,4H2,1H3,(H,5,6)/t9-;5-;2*2-/m0010/s1. The van der Waals surface area contributed by atoms with Crippen LogP contribution in [0.15, 0.2) is 30.5 Å². The van der Waals surface area contributed by atoms with Crippen LogP contribution in [0, 0.1) is 0 Å². The van der Waals surface area contributed by atoms with Crippen molar-refractivity contribution in [3.63, 3.8) is 0 Å². The third-order valence-corrected chi connectivity index (χ3v) is 4.62. The van der Waals surface area contributed by atoms with Crippen LogP contribution >= 0.6 is 0 Å². The maximum absolute atomic E-state index is 10.6. The molecule has 38 heavy (non-hydrogen) atoms. The van der Waals surface area contributed by atoms with Crippen molar-refractivity contribution in [2.75, 3.05) is 13.2 Å². The summed E-state index contributed by atoms with van der Waals surface area (Å²) in [6.45, 7) is 1.52. The number of carbonyl (C=O) groups is 4. The smallest absolute Gasteiger partial charge is 0.322 e. The number of aliphatic carboxylic acids is 4. The average molecular weight is 545 g/mol. The van der Waals surface area contributed by atoms with Crippen molar-refractivity contribution >= 4 is 34.8 Å². The predicted molar refractivity (Wildman–Crippen MR) is 140 cm³/mol. The number of hydrogen-bond acceptors (Lipinski definition) is 10. The van der Waals surface area contributed by atoms with Gasteiger partial charge in [0.25, 0.3) is 0 Å². The third kappa shape index (κ3) is 17.0. The summed E-state index contributed by atoms with van der Waals surface area (Å²) in [5.41, 5.74) is 27.5. The van der Waals surface area contributed by atoms with Crippen LogP contribution in [0.3, 0.4) is 0 Å². The van der Waals surface area contributed by atoms with Gasteiger partial charge < -0.3 is 59.2 Å². The first kappa shape index (κ1) is 36.6. The van der Waals surface area contributed by atoms with Gasteiger partial charge in [-0.2, -0.15) is 0 Å². The van der Waals surface area contributed by atoms with Gasteiger partial charge in [0.05, 0.1) is 6.61 Å². The van der Waals surface area contributed by atoms with Crippen LogP contribution in [0.2, 0.25) is 0 Å². The van der Waals surface area contributed by atoms with Crippen molar-refractivity contribution in [3.8, 4) is 0 Å². The van der Waals surface area contributed by atoms with Crippen molar-refractivity contribution in [2.45, 2.75) is 56.8 Å². The van der Waals surface area contributed by atoms with Crippen LogP contribution in [0.5, 0.6) is 0 Å². The predicted octanol–water partition coefficient (Wildman–Crippen LogP) is -1.54. The summed E-state index contributed by atoms with van der Waals surface area (Å²) in [7, 11) is 0. The van der Waals surface area contributed by atoms with E-state index in [0.717, 1.165) is 29.3 Å². The van der Waals surface area contributed by atoms with E-state index in [1.54, 1.807) is 0 Å². The summed E-state index contributed by atoms with van der Waals surface area (Å²) in [5.74, 6) is -4.05. The van der Waals surface area contributed by atoms with Gasteiger partial charge in [-0.3, -0.25) is 19.2 Å². The average Bonchev–Trinajstić information content (AvgIpc) is 3.27. The lowest BCUT2D eigenvalue weighted by molar-refractivity contribution is -0.140. The van der Waals surface area contributed by atoms with E-state index in [1.807, 2.05) is 30.5 Å². The Hall–Kier alpha value is -3.60. The fraction of sp³-hybridized carbons (Fsp3) is 0.478. The highest BCUT2D eigenvalue weighted by atomic mass is 16.4. The van der Waals surface area contributed by atoms with Gasteiger partial charge in [0, 0.05) is 23.5 Å². The number of hydrogen-bond donors (Lipinski definition) is 11. The van der Waals surface area contributed by atoms with Crippen LogP contribution in [-0.2, 0) is 25.6 Å². The van der Waals surface area contributed by atoms with Crippen LogP contribution in [0.4, 0.5) is 0 Å². The first-order valence-electron chi connectivity index (χ1n) is 11.5. The van der Waals surface area contributed by atoms with Crippen molar-refractivity contribution in [1.82, 2.24) is 4.98 Å². The molecule has 15 nitrogen and oxygen atoms in total. The molecular weight excluding hydrogens is 504 g/mol. The number of rotatable bonds is 11. The lowest BCUT2D eigenvalue weighted by Crippen LogP contribution is -2.33. The van der Waals surface area contributed by atoms with Crippen molar-refractivity contribution < 1.29 is 44.7 Å².